The summed E-state index contributed by atoms with van der Waals surface area (Å²) < 4.78 is 40.8. The summed E-state index contributed by atoms with van der Waals surface area (Å²) in [6, 6.07) is 10.2. The predicted octanol–water partition coefficient (Wildman–Crippen LogP) is 5.60. The molecule has 2 aromatic heterocycles. The zero-order valence-electron chi connectivity index (χ0n) is 22.1. The lowest BCUT2D eigenvalue weighted by molar-refractivity contribution is -0.387. The quantitative estimate of drug-likeness (QED) is 0.111. The van der Waals surface area contributed by atoms with E-state index in [4.69, 9.17) is 14.5 Å². The summed E-state index contributed by atoms with van der Waals surface area (Å²) in [7, 11) is 1.53. The Morgan fingerprint density at radius 1 is 1.17 bits per heavy atom. The molecule has 4 aromatic rings. The van der Waals surface area contributed by atoms with Gasteiger partial charge in [-0.05, 0) is 36.4 Å². The van der Waals surface area contributed by atoms with Crippen molar-refractivity contribution in [3.8, 4) is 5.75 Å². The van der Waals surface area contributed by atoms with E-state index in [1.807, 2.05) is 17.9 Å². The first-order valence-electron chi connectivity index (χ1n) is 12.5. The normalized spacial score (nSPS) is 13.5. The molecule has 212 valence electrons. The highest BCUT2D eigenvalue weighted by atomic mass is 32.2. The fourth-order valence-corrected chi connectivity index (χ4v) is 4.88. The SMILES string of the molecule is COc1c(Nc2cc(C)[nH]n2)nc(Sc2ccc(C=Cc3cccc([N+](=O)[O-])c3F)cc2F)nc1N1CCOCC1. The van der Waals surface area contributed by atoms with Crippen LogP contribution in [0.25, 0.3) is 12.2 Å². The second kappa shape index (κ2) is 12.3. The summed E-state index contributed by atoms with van der Waals surface area (Å²) in [4.78, 5) is 21.8. The summed E-state index contributed by atoms with van der Waals surface area (Å²) in [5.74, 6) is 0.376. The lowest BCUT2D eigenvalue weighted by Crippen LogP contribution is -2.37. The molecule has 3 heterocycles. The smallest absolute Gasteiger partial charge is 0.305 e. The number of hydrogen-bond acceptors (Lipinski definition) is 10. The molecule has 0 amide bonds. The molecule has 0 saturated carbocycles. The van der Waals surface area contributed by atoms with Crippen LogP contribution in [0.4, 0.5) is 31.9 Å². The van der Waals surface area contributed by atoms with Gasteiger partial charge in [0.25, 0.3) is 0 Å². The molecule has 11 nitrogen and oxygen atoms in total. The van der Waals surface area contributed by atoms with Gasteiger partial charge < -0.3 is 19.7 Å². The van der Waals surface area contributed by atoms with Crippen molar-refractivity contribution in [2.45, 2.75) is 17.0 Å². The third kappa shape index (κ3) is 6.44. The van der Waals surface area contributed by atoms with Gasteiger partial charge in [-0.25, -0.2) is 14.4 Å². The lowest BCUT2D eigenvalue weighted by Gasteiger charge is -2.29. The minimum atomic E-state index is -0.955. The Bertz CT molecular complexity index is 1610. The van der Waals surface area contributed by atoms with Crippen LogP contribution in [-0.2, 0) is 4.74 Å². The van der Waals surface area contributed by atoms with Gasteiger partial charge in [0.05, 0.1) is 30.1 Å². The maximum atomic E-state index is 15.2. The molecule has 1 fully saturated rings. The number of benzene rings is 2. The summed E-state index contributed by atoms with van der Waals surface area (Å²) >= 11 is 1.03. The summed E-state index contributed by atoms with van der Waals surface area (Å²) in [6.45, 7) is 4.12. The Kier molecular flexibility index (Phi) is 8.40. The van der Waals surface area contributed by atoms with Crippen LogP contribution in [0.5, 0.6) is 5.75 Å². The van der Waals surface area contributed by atoms with Gasteiger partial charge in [-0.15, -0.1) is 0 Å². The number of morpholine rings is 1. The molecule has 0 aliphatic carbocycles. The van der Waals surface area contributed by atoms with Crippen LogP contribution in [0.15, 0.2) is 52.5 Å². The predicted molar refractivity (Wildman–Crippen MR) is 151 cm³/mol. The Hall–Kier alpha value is -4.56. The number of ether oxygens (including phenoxy) is 2. The van der Waals surface area contributed by atoms with Gasteiger partial charge in [-0.2, -0.15) is 9.49 Å². The van der Waals surface area contributed by atoms with E-state index in [2.05, 4.69) is 20.5 Å². The molecule has 0 radical (unpaired) electrons. The molecule has 0 atom stereocenters. The second-order valence-electron chi connectivity index (χ2n) is 8.93. The van der Waals surface area contributed by atoms with E-state index in [0.29, 0.717) is 55.1 Å². The number of nitro benzene ring substituents is 1. The zero-order chi connectivity index (χ0) is 28.9. The third-order valence-corrected chi connectivity index (χ3v) is 7.03. The largest absolute Gasteiger partial charge is 0.490 e. The molecule has 0 unspecified atom stereocenters. The molecule has 0 bridgehead atoms. The van der Waals surface area contributed by atoms with E-state index < -0.39 is 22.2 Å². The van der Waals surface area contributed by atoms with Crippen molar-refractivity contribution in [1.82, 2.24) is 20.2 Å². The van der Waals surface area contributed by atoms with Crippen LogP contribution in [0, 0.1) is 28.7 Å². The third-order valence-electron chi connectivity index (χ3n) is 6.11. The van der Waals surface area contributed by atoms with E-state index in [1.165, 1.54) is 37.5 Å². The van der Waals surface area contributed by atoms with Crippen molar-refractivity contribution in [3.63, 3.8) is 0 Å². The topological polar surface area (TPSA) is 131 Å². The number of nitro groups is 1. The van der Waals surface area contributed by atoms with E-state index >= 15 is 4.39 Å². The first-order valence-corrected chi connectivity index (χ1v) is 13.3. The van der Waals surface area contributed by atoms with Gasteiger partial charge in [0, 0.05) is 36.5 Å². The molecule has 2 aromatic carbocycles. The average molecular weight is 582 g/mol. The number of aryl methyl sites for hydroxylation is 1. The number of rotatable bonds is 9. The maximum absolute atomic E-state index is 15.2. The molecule has 1 aliphatic heterocycles. The Morgan fingerprint density at radius 2 is 1.98 bits per heavy atom. The Morgan fingerprint density at radius 3 is 2.66 bits per heavy atom. The number of aromatic amines is 1. The van der Waals surface area contributed by atoms with Gasteiger partial charge in [0.2, 0.25) is 11.6 Å². The highest BCUT2D eigenvalue weighted by Crippen LogP contribution is 2.39. The molecule has 14 heteroatoms. The molecular weight excluding hydrogens is 556 g/mol. The van der Waals surface area contributed by atoms with Gasteiger partial charge in [0.1, 0.15) is 5.82 Å². The molecule has 0 spiro atoms. The van der Waals surface area contributed by atoms with E-state index in [-0.39, 0.29) is 15.6 Å². The molecular formula is C27H25F2N7O4S. The molecule has 5 rings (SSSR count). The summed E-state index contributed by atoms with van der Waals surface area (Å²) in [5, 5.41) is 21.5. The number of anilines is 3. The van der Waals surface area contributed by atoms with Crippen LogP contribution in [0.2, 0.25) is 0 Å². The first-order chi connectivity index (χ1) is 19.8. The van der Waals surface area contributed by atoms with Crippen LogP contribution in [0.1, 0.15) is 16.8 Å². The summed E-state index contributed by atoms with van der Waals surface area (Å²) in [5.41, 5.74) is 0.691. The van der Waals surface area contributed by atoms with Crippen LogP contribution in [-0.4, -0.2) is 58.5 Å². The second-order valence-corrected chi connectivity index (χ2v) is 9.94. The van der Waals surface area contributed by atoms with E-state index in [1.54, 1.807) is 12.1 Å². The Balaban J connectivity index is 1.43. The van der Waals surface area contributed by atoms with Crippen molar-refractivity contribution in [2.75, 3.05) is 43.6 Å². The average Bonchev–Trinajstić information content (AvgIpc) is 3.38. The van der Waals surface area contributed by atoms with Gasteiger partial charge in [-0.3, -0.25) is 15.2 Å². The molecule has 41 heavy (non-hydrogen) atoms. The Labute approximate surface area is 237 Å². The van der Waals surface area contributed by atoms with Crippen molar-refractivity contribution < 1.29 is 23.2 Å². The van der Waals surface area contributed by atoms with Gasteiger partial charge >= 0.3 is 5.69 Å². The van der Waals surface area contributed by atoms with Crippen molar-refractivity contribution in [2.24, 2.45) is 0 Å². The van der Waals surface area contributed by atoms with Crippen LogP contribution >= 0.6 is 11.8 Å². The summed E-state index contributed by atoms with van der Waals surface area (Å²) in [6.07, 6.45) is 2.84. The number of aromatic nitrogens is 4. The monoisotopic (exact) mass is 581 g/mol. The molecule has 1 aliphatic rings. The van der Waals surface area contributed by atoms with Crippen molar-refractivity contribution >= 4 is 47.1 Å². The van der Waals surface area contributed by atoms with Crippen LogP contribution < -0.4 is 15.0 Å². The van der Waals surface area contributed by atoms with Gasteiger partial charge in [0.15, 0.2) is 22.6 Å². The number of H-pyrrole nitrogens is 1. The van der Waals surface area contributed by atoms with Crippen LogP contribution in [0.3, 0.4) is 0 Å². The molecule has 2 N–H and O–H groups in total. The number of methoxy groups -OCH3 is 1. The fourth-order valence-electron chi connectivity index (χ4n) is 4.12. The number of halogens is 2. The standard InChI is InChI=1S/C27H25F2N7O4S/c1-16-14-22(34-33-16)30-25-24(39-2)26(35-10-12-40-13-11-35)32-27(31-25)41-21-9-7-17(15-19(21)28)6-8-18-4-3-5-20(23(18)29)36(37)38/h3-9,14-15H,10-13H2,1-2H3,(H2,30,31,32,33,34). The van der Waals surface area contributed by atoms with Crippen molar-refractivity contribution in [3.05, 3.63) is 81.0 Å². The minimum Gasteiger partial charge on any atom is -0.490 e. The van der Waals surface area contributed by atoms with E-state index in [9.17, 15) is 14.5 Å². The highest BCUT2D eigenvalue weighted by Gasteiger charge is 2.24. The molecule has 1 saturated heterocycles. The maximum Gasteiger partial charge on any atom is 0.305 e. The highest BCUT2D eigenvalue weighted by molar-refractivity contribution is 7.99. The number of nitrogens with zero attached hydrogens (tertiary/aromatic N) is 5. The number of hydrogen-bond donors (Lipinski definition) is 2. The van der Waals surface area contributed by atoms with Gasteiger partial charge in [-0.1, -0.05) is 30.4 Å². The van der Waals surface area contributed by atoms with E-state index in [0.717, 1.165) is 23.5 Å². The van der Waals surface area contributed by atoms with Crippen molar-refractivity contribution in [1.29, 1.82) is 0 Å². The zero-order valence-corrected chi connectivity index (χ0v) is 22.9. The first kappa shape index (κ1) is 28.0. The number of nitrogens with one attached hydrogen (secondary N) is 2. The minimum absolute atomic E-state index is 0.0208. The fraction of sp³-hybridized carbons (Fsp3) is 0.222. The lowest BCUT2D eigenvalue weighted by atomic mass is 10.1.